The molecule has 1 unspecified atom stereocenters. The van der Waals surface area contributed by atoms with Gasteiger partial charge in [0.25, 0.3) is 0 Å². The summed E-state index contributed by atoms with van der Waals surface area (Å²) < 4.78 is 10.6. The van der Waals surface area contributed by atoms with E-state index in [1.807, 2.05) is 0 Å². The molecule has 0 amide bonds. The van der Waals surface area contributed by atoms with E-state index in [1.54, 1.807) is 0 Å². The van der Waals surface area contributed by atoms with Crippen molar-refractivity contribution in [1.29, 1.82) is 0 Å². The van der Waals surface area contributed by atoms with Gasteiger partial charge in [-0.1, -0.05) is 172 Å². The predicted molar refractivity (Wildman–Crippen MR) is 214 cm³/mol. The highest BCUT2D eigenvalue weighted by Gasteiger charge is 2.16. The summed E-state index contributed by atoms with van der Waals surface area (Å²) in [5.41, 5.74) is 0. The average molecular weight is 701 g/mol. The molecule has 0 fully saturated rings. The number of carbonyl (C=O) groups excluding carboxylic acids is 2. The van der Waals surface area contributed by atoms with Crippen molar-refractivity contribution < 1.29 is 24.2 Å². The SMILES string of the molecule is CCC/C=C\C/C=C\CCCCCCCC(=O)OCC(CO)OC(=O)CCCCCCCCCCCCC/C=C\C/C=C\CCCCCCC. The summed E-state index contributed by atoms with van der Waals surface area (Å²) in [6.45, 7) is 4.05. The van der Waals surface area contributed by atoms with Crippen LogP contribution in [0.2, 0.25) is 0 Å². The van der Waals surface area contributed by atoms with Gasteiger partial charge in [0.2, 0.25) is 0 Å². The molecular weight excluding hydrogens is 620 g/mol. The second kappa shape index (κ2) is 41.3. The summed E-state index contributed by atoms with van der Waals surface area (Å²) in [6, 6.07) is 0. The Bertz CT molecular complexity index is 842. The third-order valence-electron chi connectivity index (χ3n) is 9.08. The third-order valence-corrected chi connectivity index (χ3v) is 9.08. The smallest absolute Gasteiger partial charge is 0.306 e. The second-order valence-electron chi connectivity index (χ2n) is 14.1. The van der Waals surface area contributed by atoms with Gasteiger partial charge in [-0.15, -0.1) is 0 Å². The Morgan fingerprint density at radius 2 is 0.840 bits per heavy atom. The standard InChI is InChI=1S/C45H80O5/c1-3-5-7-9-11-13-15-17-18-19-20-21-22-23-24-25-26-28-30-32-34-36-38-40-45(48)50-43(41-46)42-49-44(47)39-37-35-33-31-29-27-16-14-12-10-8-6-4-2/h8,10,14-17,19-20,43,46H,3-7,9,11-13,18,21-42H2,1-2H3/b10-8-,16-14-,17-15-,20-19-. The van der Waals surface area contributed by atoms with Gasteiger partial charge in [0.1, 0.15) is 6.61 Å². The highest BCUT2D eigenvalue weighted by atomic mass is 16.6. The lowest BCUT2D eigenvalue weighted by Crippen LogP contribution is -2.28. The lowest BCUT2D eigenvalue weighted by molar-refractivity contribution is -0.161. The van der Waals surface area contributed by atoms with Crippen molar-refractivity contribution in [3.63, 3.8) is 0 Å². The van der Waals surface area contributed by atoms with E-state index in [-0.39, 0.29) is 25.2 Å². The van der Waals surface area contributed by atoms with Crippen LogP contribution in [0.15, 0.2) is 48.6 Å². The van der Waals surface area contributed by atoms with Gasteiger partial charge >= 0.3 is 11.9 Å². The van der Waals surface area contributed by atoms with E-state index in [0.29, 0.717) is 12.8 Å². The molecule has 0 heterocycles. The fourth-order valence-corrected chi connectivity index (χ4v) is 5.86. The van der Waals surface area contributed by atoms with Gasteiger partial charge < -0.3 is 14.6 Å². The molecule has 0 aliphatic heterocycles. The van der Waals surface area contributed by atoms with Crippen LogP contribution in [0.4, 0.5) is 0 Å². The van der Waals surface area contributed by atoms with Crippen molar-refractivity contribution in [2.75, 3.05) is 13.2 Å². The van der Waals surface area contributed by atoms with E-state index in [2.05, 4.69) is 62.5 Å². The molecule has 0 aliphatic rings. The fourth-order valence-electron chi connectivity index (χ4n) is 5.86. The Kier molecular flexibility index (Phi) is 39.5. The van der Waals surface area contributed by atoms with E-state index >= 15 is 0 Å². The lowest BCUT2D eigenvalue weighted by atomic mass is 10.0. The summed E-state index contributed by atoms with van der Waals surface area (Å²) in [6.07, 6.45) is 51.8. The molecule has 50 heavy (non-hydrogen) atoms. The zero-order valence-corrected chi connectivity index (χ0v) is 32.9. The van der Waals surface area contributed by atoms with Crippen LogP contribution in [-0.4, -0.2) is 36.4 Å². The molecule has 0 radical (unpaired) electrons. The maximum Gasteiger partial charge on any atom is 0.306 e. The maximum absolute atomic E-state index is 12.2. The number of allylic oxidation sites excluding steroid dienone is 8. The van der Waals surface area contributed by atoms with Crippen molar-refractivity contribution in [2.24, 2.45) is 0 Å². The molecule has 5 nitrogen and oxygen atoms in total. The number of ether oxygens (including phenoxy) is 2. The van der Waals surface area contributed by atoms with Crippen molar-refractivity contribution >= 4 is 11.9 Å². The normalized spacial score (nSPS) is 12.6. The maximum atomic E-state index is 12.2. The number of aliphatic hydroxyl groups excluding tert-OH is 1. The largest absolute Gasteiger partial charge is 0.462 e. The second-order valence-corrected chi connectivity index (χ2v) is 14.1. The Hall–Kier alpha value is -2.14. The van der Waals surface area contributed by atoms with Crippen LogP contribution in [0.3, 0.4) is 0 Å². The molecule has 0 rings (SSSR count). The third kappa shape index (κ3) is 38.7. The Labute approximate surface area is 309 Å². The van der Waals surface area contributed by atoms with E-state index in [9.17, 15) is 14.7 Å². The van der Waals surface area contributed by atoms with Crippen LogP contribution >= 0.6 is 0 Å². The molecule has 0 aliphatic carbocycles. The first-order valence-corrected chi connectivity index (χ1v) is 21.2. The van der Waals surface area contributed by atoms with Crippen molar-refractivity contribution in [3.8, 4) is 0 Å². The lowest BCUT2D eigenvalue weighted by Gasteiger charge is -2.15. The Morgan fingerprint density at radius 1 is 0.460 bits per heavy atom. The highest BCUT2D eigenvalue weighted by molar-refractivity contribution is 5.70. The quantitative estimate of drug-likeness (QED) is 0.0394. The van der Waals surface area contributed by atoms with Crippen molar-refractivity contribution in [1.82, 2.24) is 0 Å². The summed E-state index contributed by atoms with van der Waals surface area (Å²) in [4.78, 5) is 24.3. The molecule has 0 bridgehead atoms. The van der Waals surface area contributed by atoms with E-state index < -0.39 is 6.10 Å². The van der Waals surface area contributed by atoms with Crippen LogP contribution in [0.5, 0.6) is 0 Å². The number of aliphatic hydroxyl groups is 1. The van der Waals surface area contributed by atoms with Crippen molar-refractivity contribution in [2.45, 2.75) is 213 Å². The molecule has 0 spiro atoms. The molecule has 5 heteroatoms. The predicted octanol–water partition coefficient (Wildman–Crippen LogP) is 13.4. The minimum absolute atomic E-state index is 0.0741. The number of hydrogen-bond donors (Lipinski definition) is 1. The molecule has 0 aromatic rings. The minimum atomic E-state index is -0.778. The fraction of sp³-hybridized carbons (Fsp3) is 0.778. The Morgan fingerprint density at radius 3 is 1.26 bits per heavy atom. The zero-order valence-electron chi connectivity index (χ0n) is 32.9. The molecule has 0 saturated carbocycles. The van der Waals surface area contributed by atoms with Gasteiger partial charge in [0.05, 0.1) is 6.61 Å². The van der Waals surface area contributed by atoms with Gasteiger partial charge in [0, 0.05) is 12.8 Å². The molecular formula is C45H80O5. The molecule has 0 aromatic heterocycles. The van der Waals surface area contributed by atoms with Gasteiger partial charge in [-0.2, -0.15) is 0 Å². The summed E-state index contributed by atoms with van der Waals surface area (Å²) in [5.74, 6) is -0.609. The molecule has 0 saturated heterocycles. The summed E-state index contributed by atoms with van der Waals surface area (Å²) in [7, 11) is 0. The van der Waals surface area contributed by atoms with E-state index in [4.69, 9.17) is 9.47 Å². The summed E-state index contributed by atoms with van der Waals surface area (Å²) in [5, 5.41) is 9.56. The van der Waals surface area contributed by atoms with Crippen LogP contribution in [0.25, 0.3) is 0 Å². The zero-order chi connectivity index (χ0) is 36.4. The molecule has 290 valence electrons. The van der Waals surface area contributed by atoms with Gasteiger partial charge in [-0.3, -0.25) is 9.59 Å². The van der Waals surface area contributed by atoms with Gasteiger partial charge in [-0.25, -0.2) is 0 Å². The highest BCUT2D eigenvalue weighted by Crippen LogP contribution is 2.14. The number of esters is 2. The summed E-state index contributed by atoms with van der Waals surface area (Å²) >= 11 is 0. The molecule has 0 aromatic carbocycles. The number of carbonyl (C=O) groups is 2. The topological polar surface area (TPSA) is 72.8 Å². The first kappa shape index (κ1) is 47.9. The van der Waals surface area contributed by atoms with E-state index in [0.717, 1.165) is 64.2 Å². The number of unbranched alkanes of at least 4 members (excludes halogenated alkanes) is 22. The van der Waals surface area contributed by atoms with Crippen LogP contribution < -0.4 is 0 Å². The van der Waals surface area contributed by atoms with Gasteiger partial charge in [-0.05, 0) is 70.6 Å². The van der Waals surface area contributed by atoms with Crippen LogP contribution in [0, 0.1) is 0 Å². The van der Waals surface area contributed by atoms with Crippen LogP contribution in [-0.2, 0) is 19.1 Å². The van der Waals surface area contributed by atoms with Gasteiger partial charge in [0.15, 0.2) is 6.10 Å². The van der Waals surface area contributed by atoms with Crippen LogP contribution in [0.1, 0.15) is 206 Å². The minimum Gasteiger partial charge on any atom is -0.462 e. The number of rotatable bonds is 38. The van der Waals surface area contributed by atoms with Crippen molar-refractivity contribution in [3.05, 3.63) is 48.6 Å². The molecule has 1 N–H and O–H groups in total. The first-order valence-electron chi connectivity index (χ1n) is 21.2. The number of hydrogen-bond acceptors (Lipinski definition) is 5. The molecule has 1 atom stereocenters. The average Bonchev–Trinajstić information content (AvgIpc) is 3.12. The van der Waals surface area contributed by atoms with E-state index in [1.165, 1.54) is 116 Å². The first-order chi connectivity index (χ1) is 24.6. The Balaban J connectivity index is 3.53. The monoisotopic (exact) mass is 701 g/mol.